The Morgan fingerprint density at radius 2 is 2.25 bits per heavy atom. The minimum Gasteiger partial charge on any atom is -0.477 e. The van der Waals surface area contributed by atoms with E-state index < -0.39 is 29.2 Å². The van der Waals surface area contributed by atoms with E-state index in [1.807, 2.05) is 6.92 Å². The van der Waals surface area contributed by atoms with Gasteiger partial charge in [-0.25, -0.2) is 14.0 Å². The van der Waals surface area contributed by atoms with Gasteiger partial charge in [0, 0.05) is 17.9 Å². The number of thioether (sulfide) groups is 2. The second-order valence-corrected chi connectivity index (χ2v) is 10.3. The van der Waals surface area contributed by atoms with E-state index in [-0.39, 0.29) is 21.8 Å². The third-order valence-electron chi connectivity index (χ3n) is 4.79. The number of nitrogens with one attached hydrogen (secondary N) is 1. The van der Waals surface area contributed by atoms with Gasteiger partial charge in [0.05, 0.1) is 11.1 Å². The van der Waals surface area contributed by atoms with Crippen molar-refractivity contribution in [1.82, 2.24) is 15.2 Å². The summed E-state index contributed by atoms with van der Waals surface area (Å²) in [5.41, 5.74) is 0.532. The van der Waals surface area contributed by atoms with Crippen LogP contribution in [0.1, 0.15) is 17.7 Å². The van der Waals surface area contributed by atoms with Crippen LogP contribution >= 0.6 is 34.9 Å². The van der Waals surface area contributed by atoms with Crippen LogP contribution < -0.4 is 5.32 Å². The molecule has 1 fully saturated rings. The summed E-state index contributed by atoms with van der Waals surface area (Å²) in [5.74, 6) is -1.01. The second kappa shape index (κ2) is 9.65. The van der Waals surface area contributed by atoms with Crippen molar-refractivity contribution in [3.63, 3.8) is 0 Å². The molecule has 0 radical (unpaired) electrons. The number of amides is 2. The summed E-state index contributed by atoms with van der Waals surface area (Å²) < 4.78 is 17.0. The fourth-order valence-corrected chi connectivity index (χ4v) is 6.79. The predicted molar refractivity (Wildman–Crippen MR) is 123 cm³/mol. The molecule has 2 amide bonds. The molecule has 4 heterocycles. The first-order chi connectivity index (χ1) is 15.4. The number of hydrogen-bond donors (Lipinski definition) is 2. The highest BCUT2D eigenvalue weighted by molar-refractivity contribution is 8.01. The molecule has 0 bridgehead atoms. The zero-order valence-corrected chi connectivity index (χ0v) is 19.9. The van der Waals surface area contributed by atoms with Crippen molar-refractivity contribution in [2.75, 3.05) is 11.5 Å². The van der Waals surface area contributed by atoms with E-state index in [4.69, 9.17) is 4.42 Å². The van der Waals surface area contributed by atoms with Gasteiger partial charge in [0.1, 0.15) is 33.2 Å². The monoisotopic (exact) mass is 511 g/mol. The molecule has 9 nitrogen and oxygen atoms in total. The van der Waals surface area contributed by atoms with Crippen molar-refractivity contribution >= 4 is 68.8 Å². The molecule has 0 aliphatic carbocycles. The molecule has 2 aliphatic heterocycles. The number of aromatic nitrogens is 1. The number of hydrogen-bond acceptors (Lipinski definition) is 9. The van der Waals surface area contributed by atoms with Crippen molar-refractivity contribution in [3.05, 3.63) is 45.7 Å². The Morgan fingerprint density at radius 3 is 2.88 bits per heavy atom. The Morgan fingerprint density at radius 1 is 1.44 bits per heavy atom. The van der Waals surface area contributed by atoms with Crippen LogP contribution in [0.25, 0.3) is 0 Å². The average molecular weight is 512 g/mol. The van der Waals surface area contributed by atoms with Crippen LogP contribution in [0.15, 0.2) is 44.5 Å². The lowest BCUT2D eigenvalue weighted by molar-refractivity contribution is -0.150. The first-order valence-corrected chi connectivity index (χ1v) is 13.1. The van der Waals surface area contributed by atoms with Gasteiger partial charge in [-0.3, -0.25) is 14.5 Å². The molecule has 4 rings (SSSR count). The minimum atomic E-state index is -1.20. The highest BCUT2D eigenvalue weighted by Gasteiger charge is 2.54. The largest absolute Gasteiger partial charge is 0.477 e. The normalized spacial score (nSPS) is 19.9. The van der Waals surface area contributed by atoms with E-state index in [2.05, 4.69) is 10.3 Å². The summed E-state index contributed by atoms with van der Waals surface area (Å²) >= 11 is 4.02. The van der Waals surface area contributed by atoms with Gasteiger partial charge in [0.25, 0.3) is 11.8 Å². The molecule has 2 N–H and O–H groups in total. The number of aliphatic carboxylic acids is 1. The third kappa shape index (κ3) is 4.29. The number of carboxylic acid groups (broad SMARTS) is 1. The Bertz CT molecular complexity index is 1150. The topological polar surface area (TPSA) is 130 Å². The fraction of sp³-hybridized carbons (Fsp3) is 0.316. The highest BCUT2D eigenvalue weighted by atomic mass is 32.2. The van der Waals surface area contributed by atoms with Crippen LogP contribution in [0, 0.1) is 0 Å². The number of fused-ring (bicyclic) bond motifs is 1. The summed E-state index contributed by atoms with van der Waals surface area (Å²) in [4.78, 5) is 43.2. The van der Waals surface area contributed by atoms with Crippen molar-refractivity contribution in [2.45, 2.75) is 29.9 Å². The molecule has 32 heavy (non-hydrogen) atoms. The molecule has 0 spiro atoms. The molecule has 1 unspecified atom stereocenters. The quantitative estimate of drug-likeness (QED) is 0.235. The number of nitrogens with zero attached hydrogens (tertiary/aromatic N) is 2. The van der Waals surface area contributed by atoms with Crippen molar-refractivity contribution in [2.24, 2.45) is 0 Å². The van der Waals surface area contributed by atoms with Gasteiger partial charge in [-0.1, -0.05) is 24.8 Å². The Hall–Kier alpha value is -2.35. The van der Waals surface area contributed by atoms with E-state index in [0.717, 1.165) is 0 Å². The third-order valence-corrected chi connectivity index (χ3v) is 8.69. The predicted octanol–water partition coefficient (Wildman–Crippen LogP) is 1.56. The molecule has 2 aliphatic rings. The average Bonchev–Trinajstić information content (AvgIpc) is 3.48. The molecule has 13 heteroatoms. The highest BCUT2D eigenvalue weighted by Crippen LogP contribution is 2.41. The maximum Gasteiger partial charge on any atom is 0.352 e. The first kappa shape index (κ1) is 22.8. The SMILES string of the molecule is CCc1ncc(SCC2=C(C(=O)O)N3C(=O)C(NC(=O)C(=S=O)c4cccs4)[C@H]3SC2)o1. The Labute approximate surface area is 198 Å². The van der Waals surface area contributed by atoms with Gasteiger partial charge in [-0.2, -0.15) is 0 Å². The van der Waals surface area contributed by atoms with Crippen LogP contribution in [-0.4, -0.2) is 64.8 Å². The summed E-state index contributed by atoms with van der Waals surface area (Å²) in [6.45, 7) is 1.92. The molecule has 0 aromatic carbocycles. The van der Waals surface area contributed by atoms with Gasteiger partial charge >= 0.3 is 5.97 Å². The molecular formula is C19H17N3O6S4. The lowest BCUT2D eigenvalue weighted by Crippen LogP contribution is -2.71. The van der Waals surface area contributed by atoms with Gasteiger partial charge in [-0.15, -0.1) is 23.1 Å². The zero-order valence-electron chi connectivity index (χ0n) is 16.6. The summed E-state index contributed by atoms with van der Waals surface area (Å²) in [5, 5.41) is 14.2. The van der Waals surface area contributed by atoms with E-state index in [1.165, 1.54) is 39.8 Å². The molecule has 2 aromatic rings. The fourth-order valence-electron chi connectivity index (χ4n) is 3.28. The van der Waals surface area contributed by atoms with Crippen LogP contribution in [0.2, 0.25) is 0 Å². The van der Waals surface area contributed by atoms with E-state index in [1.54, 1.807) is 23.7 Å². The maximum absolute atomic E-state index is 12.8. The number of oxazole rings is 1. The smallest absolute Gasteiger partial charge is 0.352 e. The van der Waals surface area contributed by atoms with Gasteiger partial charge in [-0.05, 0) is 17.0 Å². The number of β-lactam (4-membered cyclic amide) rings is 1. The molecule has 2 atom stereocenters. The molecule has 1 saturated heterocycles. The van der Waals surface area contributed by atoms with Crippen LogP contribution in [-0.2, 0) is 32.1 Å². The Balaban J connectivity index is 1.47. The second-order valence-electron chi connectivity index (χ2n) is 6.72. The van der Waals surface area contributed by atoms with Crippen LogP contribution in [0.3, 0.4) is 0 Å². The number of rotatable bonds is 8. The summed E-state index contributed by atoms with van der Waals surface area (Å²) in [7, 11) is 0. The number of carbonyl (C=O) groups excluding carboxylic acids is 2. The lowest BCUT2D eigenvalue weighted by Gasteiger charge is -2.49. The van der Waals surface area contributed by atoms with Crippen molar-refractivity contribution in [3.8, 4) is 0 Å². The maximum atomic E-state index is 12.8. The number of thiophene rings is 1. The van der Waals surface area contributed by atoms with Crippen LogP contribution in [0.5, 0.6) is 0 Å². The molecule has 2 aromatic heterocycles. The molecule has 0 saturated carbocycles. The molecular weight excluding hydrogens is 494 g/mol. The minimum absolute atomic E-state index is 0.0170. The van der Waals surface area contributed by atoms with Gasteiger partial charge in [0.15, 0.2) is 11.0 Å². The number of aryl methyl sites for hydroxylation is 1. The first-order valence-electron chi connectivity index (χ1n) is 9.43. The van der Waals surface area contributed by atoms with E-state index >= 15 is 0 Å². The van der Waals surface area contributed by atoms with E-state index in [0.29, 0.717) is 39.4 Å². The summed E-state index contributed by atoms with van der Waals surface area (Å²) in [6, 6.07) is 2.49. The standard InChI is InChI=1S/C19H17N3O6S4/c1-2-11-20-6-12(28-11)30-7-9-8-31-18-13(17(24)22(18)14(9)19(25)26)21-16(23)15(32-27)10-4-3-5-29-10/h3-6,13,18H,2,7-8H2,1H3,(H,21,23)(H,25,26)/t13?,18-/m1/s1. The number of carbonyl (C=O) groups is 3. The van der Waals surface area contributed by atoms with E-state index in [9.17, 15) is 23.7 Å². The van der Waals surface area contributed by atoms with Crippen LogP contribution in [0.4, 0.5) is 0 Å². The summed E-state index contributed by atoms with van der Waals surface area (Å²) in [6.07, 6.45) is 2.26. The number of carboxylic acids is 1. The zero-order chi connectivity index (χ0) is 22.8. The Kier molecular flexibility index (Phi) is 6.88. The van der Waals surface area contributed by atoms with Gasteiger partial charge < -0.3 is 14.8 Å². The lowest BCUT2D eigenvalue weighted by atomic mass is 10.0. The van der Waals surface area contributed by atoms with Gasteiger partial charge in [0.2, 0.25) is 0 Å². The van der Waals surface area contributed by atoms with Crippen molar-refractivity contribution < 1.29 is 28.1 Å². The van der Waals surface area contributed by atoms with Crippen molar-refractivity contribution in [1.29, 1.82) is 0 Å². The molecule has 168 valence electrons.